The van der Waals surface area contributed by atoms with E-state index in [1.54, 1.807) is 46.2 Å². The van der Waals surface area contributed by atoms with Gasteiger partial charge in [0, 0.05) is 31.5 Å². The molecule has 0 fully saturated rings. The van der Waals surface area contributed by atoms with Crippen LogP contribution in [0.5, 0.6) is 0 Å². The Balaban J connectivity index is 1.58. The van der Waals surface area contributed by atoms with E-state index in [9.17, 15) is 14.0 Å². The van der Waals surface area contributed by atoms with E-state index in [4.69, 9.17) is 11.6 Å². The summed E-state index contributed by atoms with van der Waals surface area (Å²) >= 11 is 6.33. The highest BCUT2D eigenvalue weighted by molar-refractivity contribution is 6.33. The van der Waals surface area contributed by atoms with Gasteiger partial charge >= 0.3 is 0 Å². The molecule has 0 unspecified atom stereocenters. The van der Waals surface area contributed by atoms with Crippen molar-refractivity contribution in [1.29, 1.82) is 0 Å². The van der Waals surface area contributed by atoms with Gasteiger partial charge in [0.05, 0.1) is 17.1 Å². The molecule has 0 atom stereocenters. The van der Waals surface area contributed by atoms with Gasteiger partial charge in [-0.2, -0.15) is 0 Å². The third-order valence-corrected chi connectivity index (χ3v) is 6.74. The Bertz CT molecular complexity index is 1390. The molecule has 0 spiro atoms. The van der Waals surface area contributed by atoms with Crippen LogP contribution < -0.4 is 0 Å². The van der Waals surface area contributed by atoms with E-state index >= 15 is 0 Å². The third kappa shape index (κ3) is 7.80. The first kappa shape index (κ1) is 28.1. The Morgan fingerprint density at radius 1 is 0.821 bits per heavy atom. The minimum absolute atomic E-state index is 0.0618. The molecule has 0 saturated heterocycles. The smallest absolute Gasteiger partial charge is 0.255 e. The summed E-state index contributed by atoms with van der Waals surface area (Å²) in [5.74, 6) is -0.528. The average Bonchev–Trinajstić information content (AvgIpc) is 3.35. The van der Waals surface area contributed by atoms with Crippen molar-refractivity contribution in [2.75, 3.05) is 13.1 Å². The Morgan fingerprint density at radius 2 is 1.51 bits per heavy atom. The van der Waals surface area contributed by atoms with Crippen molar-refractivity contribution in [2.24, 2.45) is 5.92 Å². The number of aromatic nitrogens is 1. The summed E-state index contributed by atoms with van der Waals surface area (Å²) < 4.78 is 15.5. The lowest BCUT2D eigenvalue weighted by Gasteiger charge is -2.29. The molecular weight excluding hydrogens is 513 g/mol. The second kappa shape index (κ2) is 13.3. The first-order chi connectivity index (χ1) is 18.8. The molecule has 0 aliphatic rings. The molecule has 39 heavy (non-hydrogen) atoms. The number of halogens is 2. The molecule has 0 N–H and O–H groups in total. The number of amides is 2. The summed E-state index contributed by atoms with van der Waals surface area (Å²) in [4.78, 5) is 30.7. The van der Waals surface area contributed by atoms with E-state index in [0.717, 1.165) is 16.8 Å². The number of benzene rings is 3. The van der Waals surface area contributed by atoms with Gasteiger partial charge in [0.15, 0.2) is 0 Å². The molecule has 1 heterocycles. The summed E-state index contributed by atoms with van der Waals surface area (Å²) in [7, 11) is 0. The van der Waals surface area contributed by atoms with E-state index in [2.05, 4.69) is 4.57 Å². The summed E-state index contributed by atoms with van der Waals surface area (Å²) in [5, 5.41) is 0.364. The van der Waals surface area contributed by atoms with Gasteiger partial charge < -0.3 is 14.4 Å². The van der Waals surface area contributed by atoms with Crippen LogP contribution in [0.25, 0.3) is 0 Å². The average molecular weight is 546 g/mol. The predicted molar refractivity (Wildman–Crippen MR) is 153 cm³/mol. The van der Waals surface area contributed by atoms with Crippen molar-refractivity contribution in [3.8, 4) is 0 Å². The van der Waals surface area contributed by atoms with Gasteiger partial charge in [-0.1, -0.05) is 80.0 Å². The van der Waals surface area contributed by atoms with E-state index in [1.807, 2.05) is 62.5 Å². The number of hydrogen-bond donors (Lipinski definition) is 0. The zero-order valence-electron chi connectivity index (χ0n) is 22.3. The fraction of sp³-hybridized carbons (Fsp3) is 0.250. The Morgan fingerprint density at radius 3 is 2.21 bits per heavy atom. The van der Waals surface area contributed by atoms with Gasteiger partial charge in [-0.3, -0.25) is 9.59 Å². The molecule has 0 saturated carbocycles. The van der Waals surface area contributed by atoms with Crippen molar-refractivity contribution in [3.05, 3.63) is 130 Å². The molecule has 5 nitrogen and oxygen atoms in total. The molecule has 4 aromatic rings. The fourth-order valence-corrected chi connectivity index (χ4v) is 4.71. The summed E-state index contributed by atoms with van der Waals surface area (Å²) in [6.45, 7) is 5.71. The van der Waals surface area contributed by atoms with Crippen LogP contribution in [0, 0.1) is 11.7 Å². The van der Waals surface area contributed by atoms with Crippen molar-refractivity contribution in [3.63, 3.8) is 0 Å². The zero-order valence-corrected chi connectivity index (χ0v) is 23.0. The van der Waals surface area contributed by atoms with Crippen molar-refractivity contribution >= 4 is 23.4 Å². The molecule has 0 bridgehead atoms. The summed E-state index contributed by atoms with van der Waals surface area (Å²) in [6, 6.07) is 27.1. The lowest BCUT2D eigenvalue weighted by Crippen LogP contribution is -2.44. The van der Waals surface area contributed by atoms with E-state index in [-0.39, 0.29) is 30.1 Å². The van der Waals surface area contributed by atoms with E-state index in [0.29, 0.717) is 36.8 Å². The highest BCUT2D eigenvalue weighted by Gasteiger charge is 2.25. The molecule has 0 aliphatic carbocycles. The van der Waals surface area contributed by atoms with Crippen LogP contribution in [0.1, 0.15) is 41.0 Å². The lowest BCUT2D eigenvalue weighted by atomic mass is 10.1. The molecule has 1 aromatic heterocycles. The van der Waals surface area contributed by atoms with Gasteiger partial charge in [0.2, 0.25) is 5.91 Å². The topological polar surface area (TPSA) is 45.6 Å². The van der Waals surface area contributed by atoms with E-state index in [1.165, 1.54) is 12.1 Å². The Kier molecular flexibility index (Phi) is 9.55. The second-order valence-corrected chi connectivity index (χ2v) is 10.5. The number of carbonyl (C=O) groups is 2. The standard InChI is InChI=1S/C32H33ClFN3O2/c1-24(2)19-37(32(39)29-12-6-7-13-30(29)33)23-31(38)36(21-25-9-4-3-5-10-25)22-28-11-8-18-35(28)20-26-14-16-27(34)17-15-26/h3-18,24H,19-23H2,1-2H3. The van der Waals surface area contributed by atoms with Crippen LogP contribution in [0.2, 0.25) is 5.02 Å². The first-order valence-corrected chi connectivity index (χ1v) is 13.4. The number of carbonyl (C=O) groups excluding carboxylic acids is 2. The second-order valence-electron chi connectivity index (χ2n) is 10.0. The monoisotopic (exact) mass is 545 g/mol. The SMILES string of the molecule is CC(C)CN(CC(=O)N(Cc1ccccc1)Cc1cccn1Cc1ccc(F)cc1)C(=O)c1ccccc1Cl. The molecule has 4 rings (SSSR count). The minimum atomic E-state index is -0.275. The van der Waals surface area contributed by atoms with Gasteiger partial charge in [0.25, 0.3) is 5.91 Å². The van der Waals surface area contributed by atoms with Crippen LogP contribution in [0.15, 0.2) is 97.2 Å². The van der Waals surface area contributed by atoms with Gasteiger partial charge in [-0.05, 0) is 53.4 Å². The number of rotatable bonds is 11. The maximum Gasteiger partial charge on any atom is 0.255 e. The summed E-state index contributed by atoms with van der Waals surface area (Å²) in [5.41, 5.74) is 3.28. The van der Waals surface area contributed by atoms with Crippen LogP contribution in [0.3, 0.4) is 0 Å². The molecule has 0 radical (unpaired) electrons. The Hall–Kier alpha value is -3.90. The van der Waals surface area contributed by atoms with E-state index < -0.39 is 0 Å². The van der Waals surface area contributed by atoms with Crippen LogP contribution in [0.4, 0.5) is 4.39 Å². The number of hydrogen-bond acceptors (Lipinski definition) is 2. The van der Waals surface area contributed by atoms with Crippen molar-refractivity contribution in [1.82, 2.24) is 14.4 Å². The molecule has 2 amide bonds. The van der Waals surface area contributed by atoms with Crippen molar-refractivity contribution in [2.45, 2.75) is 33.5 Å². The first-order valence-electron chi connectivity index (χ1n) is 13.0. The van der Waals surface area contributed by atoms with Crippen LogP contribution >= 0.6 is 11.6 Å². The highest BCUT2D eigenvalue weighted by atomic mass is 35.5. The number of nitrogens with zero attached hydrogens (tertiary/aromatic N) is 3. The molecule has 3 aromatic carbocycles. The molecule has 0 aliphatic heterocycles. The maximum atomic E-state index is 13.8. The van der Waals surface area contributed by atoms with Crippen molar-refractivity contribution < 1.29 is 14.0 Å². The molecule has 7 heteroatoms. The minimum Gasteiger partial charge on any atom is -0.345 e. The van der Waals surface area contributed by atoms with Gasteiger partial charge in [0.1, 0.15) is 12.4 Å². The molecule has 202 valence electrons. The maximum absolute atomic E-state index is 13.8. The van der Waals surface area contributed by atoms with Crippen LogP contribution in [-0.2, 0) is 24.4 Å². The van der Waals surface area contributed by atoms with Gasteiger partial charge in [-0.15, -0.1) is 0 Å². The predicted octanol–water partition coefficient (Wildman–Crippen LogP) is 6.66. The quantitative estimate of drug-likeness (QED) is 0.212. The Labute approximate surface area is 234 Å². The summed E-state index contributed by atoms with van der Waals surface area (Å²) in [6.07, 6.45) is 1.95. The lowest BCUT2D eigenvalue weighted by molar-refractivity contribution is -0.133. The highest BCUT2D eigenvalue weighted by Crippen LogP contribution is 2.19. The largest absolute Gasteiger partial charge is 0.345 e. The van der Waals surface area contributed by atoms with Gasteiger partial charge in [-0.25, -0.2) is 4.39 Å². The molecular formula is C32H33ClFN3O2. The fourth-order valence-electron chi connectivity index (χ4n) is 4.49. The third-order valence-electron chi connectivity index (χ3n) is 6.41. The normalized spacial score (nSPS) is 11.0. The zero-order chi connectivity index (χ0) is 27.8. The van der Waals surface area contributed by atoms with Crippen LogP contribution in [-0.4, -0.2) is 39.3 Å².